The zero-order chi connectivity index (χ0) is 21.6. The molecule has 0 bridgehead atoms. The lowest BCUT2D eigenvalue weighted by Crippen LogP contribution is -2.27. The lowest BCUT2D eigenvalue weighted by atomic mass is 10.1. The Labute approximate surface area is 183 Å². The summed E-state index contributed by atoms with van der Waals surface area (Å²) in [5.41, 5.74) is 3.40. The Morgan fingerprint density at radius 1 is 1.13 bits per heavy atom. The Morgan fingerprint density at radius 3 is 2.74 bits per heavy atom. The summed E-state index contributed by atoms with van der Waals surface area (Å²) in [4.78, 5) is 32.2. The van der Waals surface area contributed by atoms with E-state index in [1.807, 2.05) is 24.4 Å². The molecule has 8 heteroatoms. The topological polar surface area (TPSA) is 96.1 Å². The first-order valence-corrected chi connectivity index (χ1v) is 10.7. The maximum absolute atomic E-state index is 12.3. The average Bonchev–Trinajstić information content (AvgIpc) is 3.40. The van der Waals surface area contributed by atoms with Gasteiger partial charge in [0.2, 0.25) is 5.91 Å². The van der Waals surface area contributed by atoms with E-state index in [9.17, 15) is 9.59 Å². The van der Waals surface area contributed by atoms with Crippen molar-refractivity contribution in [2.75, 3.05) is 19.0 Å². The van der Waals surface area contributed by atoms with E-state index in [1.165, 1.54) is 22.3 Å². The van der Waals surface area contributed by atoms with Crippen molar-refractivity contribution >= 4 is 39.2 Å². The number of amides is 2. The van der Waals surface area contributed by atoms with Gasteiger partial charge in [-0.05, 0) is 42.3 Å². The van der Waals surface area contributed by atoms with Crippen LogP contribution in [0.5, 0.6) is 5.75 Å². The number of benzene rings is 2. The van der Waals surface area contributed by atoms with Gasteiger partial charge in [0.15, 0.2) is 5.13 Å². The Kier molecular flexibility index (Phi) is 6.28. The maximum atomic E-state index is 12.3. The zero-order valence-electron chi connectivity index (χ0n) is 17.0. The molecule has 2 aromatic carbocycles. The Hall–Kier alpha value is -3.65. The third-order valence-corrected chi connectivity index (χ3v) is 5.66. The number of thiazole rings is 1. The number of carbonyl (C=O) groups excluding carboxylic acids is 2. The van der Waals surface area contributed by atoms with Gasteiger partial charge in [0.25, 0.3) is 5.91 Å². The predicted octanol–water partition coefficient (Wildman–Crippen LogP) is 3.79. The minimum absolute atomic E-state index is 0.0989. The van der Waals surface area contributed by atoms with Gasteiger partial charge in [0, 0.05) is 34.6 Å². The number of rotatable bonds is 8. The minimum Gasteiger partial charge on any atom is -0.497 e. The maximum Gasteiger partial charge on any atom is 0.257 e. The second kappa shape index (κ2) is 9.44. The van der Waals surface area contributed by atoms with Crippen LogP contribution in [0.15, 0.2) is 60.1 Å². The number of aromatic amines is 1. The second-order valence-corrected chi connectivity index (χ2v) is 7.82. The van der Waals surface area contributed by atoms with Gasteiger partial charge < -0.3 is 15.0 Å². The summed E-state index contributed by atoms with van der Waals surface area (Å²) in [6.45, 7) is 0.548. The number of H-pyrrole nitrogens is 1. The Morgan fingerprint density at radius 2 is 1.94 bits per heavy atom. The molecule has 0 unspecified atom stereocenters. The molecule has 2 aromatic heterocycles. The van der Waals surface area contributed by atoms with E-state index in [0.29, 0.717) is 28.7 Å². The van der Waals surface area contributed by atoms with Crippen LogP contribution in [-0.4, -0.2) is 35.4 Å². The van der Waals surface area contributed by atoms with Crippen LogP contribution in [0, 0.1) is 0 Å². The highest BCUT2D eigenvalue weighted by Crippen LogP contribution is 2.19. The Bertz CT molecular complexity index is 1200. The van der Waals surface area contributed by atoms with E-state index < -0.39 is 0 Å². The number of nitrogens with zero attached hydrogens (tertiary/aromatic N) is 1. The first-order valence-electron chi connectivity index (χ1n) is 9.84. The second-order valence-electron chi connectivity index (χ2n) is 6.96. The minimum atomic E-state index is -0.258. The molecule has 3 N–H and O–H groups in total. The van der Waals surface area contributed by atoms with Crippen molar-refractivity contribution in [1.29, 1.82) is 0 Å². The molecule has 158 valence electrons. The number of hydrogen-bond acceptors (Lipinski definition) is 5. The molecule has 7 nitrogen and oxygen atoms in total. The van der Waals surface area contributed by atoms with Crippen LogP contribution in [0.25, 0.3) is 10.9 Å². The fraction of sp³-hybridized carbons (Fsp3) is 0.174. The van der Waals surface area contributed by atoms with Gasteiger partial charge in [-0.2, -0.15) is 0 Å². The third kappa shape index (κ3) is 5.10. The van der Waals surface area contributed by atoms with Crippen molar-refractivity contribution in [2.45, 2.75) is 12.8 Å². The predicted molar refractivity (Wildman–Crippen MR) is 122 cm³/mol. The quantitative estimate of drug-likeness (QED) is 0.393. The van der Waals surface area contributed by atoms with E-state index in [2.05, 4.69) is 26.7 Å². The number of carbonyl (C=O) groups is 2. The molecular formula is C23H22N4O3S. The van der Waals surface area contributed by atoms with Crippen LogP contribution in [0.4, 0.5) is 5.13 Å². The molecular weight excluding hydrogens is 412 g/mol. The fourth-order valence-electron chi connectivity index (χ4n) is 3.26. The lowest BCUT2D eigenvalue weighted by Gasteiger charge is -2.04. The number of hydrogen-bond donors (Lipinski definition) is 3. The van der Waals surface area contributed by atoms with E-state index in [0.717, 1.165) is 11.9 Å². The van der Waals surface area contributed by atoms with Crippen LogP contribution in [0.1, 0.15) is 21.6 Å². The average molecular weight is 435 g/mol. The number of nitrogens with one attached hydrogen (secondary N) is 3. The summed E-state index contributed by atoms with van der Waals surface area (Å²) in [6.07, 6.45) is 2.90. The number of fused-ring (bicyclic) bond motifs is 1. The molecule has 2 amide bonds. The van der Waals surface area contributed by atoms with Gasteiger partial charge in [-0.15, -0.1) is 11.3 Å². The molecule has 4 aromatic rings. The van der Waals surface area contributed by atoms with E-state index >= 15 is 0 Å². The van der Waals surface area contributed by atoms with Crippen molar-refractivity contribution in [2.24, 2.45) is 0 Å². The first-order chi connectivity index (χ1) is 15.1. The van der Waals surface area contributed by atoms with Crippen molar-refractivity contribution < 1.29 is 14.3 Å². The van der Waals surface area contributed by atoms with Gasteiger partial charge in [-0.1, -0.05) is 18.2 Å². The van der Waals surface area contributed by atoms with E-state index in [4.69, 9.17) is 4.74 Å². The molecule has 0 spiro atoms. The molecule has 4 rings (SSSR count). The monoisotopic (exact) mass is 434 g/mol. The summed E-state index contributed by atoms with van der Waals surface area (Å²) >= 11 is 1.29. The molecule has 2 heterocycles. The SMILES string of the molecule is COc1ccc(C(=O)Nc2nc(CC(=O)NCCc3c[nH]c4ccccc34)cs2)cc1. The highest BCUT2D eigenvalue weighted by molar-refractivity contribution is 7.14. The molecule has 0 saturated heterocycles. The van der Waals surface area contributed by atoms with Gasteiger partial charge in [-0.3, -0.25) is 14.9 Å². The molecule has 0 fully saturated rings. The van der Waals surface area contributed by atoms with Crippen molar-refractivity contribution in [3.8, 4) is 5.75 Å². The van der Waals surface area contributed by atoms with E-state index in [-0.39, 0.29) is 18.2 Å². The molecule has 0 aliphatic rings. The summed E-state index contributed by atoms with van der Waals surface area (Å²) in [7, 11) is 1.57. The number of aromatic nitrogens is 2. The van der Waals surface area contributed by atoms with Crippen LogP contribution in [-0.2, 0) is 17.6 Å². The van der Waals surface area contributed by atoms with Gasteiger partial charge in [0.05, 0.1) is 19.2 Å². The summed E-state index contributed by atoms with van der Waals surface area (Å²) in [5, 5.41) is 9.11. The molecule has 0 aliphatic heterocycles. The third-order valence-electron chi connectivity index (χ3n) is 4.86. The number of ether oxygens (including phenoxy) is 1. The summed E-state index contributed by atoms with van der Waals surface area (Å²) in [5.74, 6) is 0.327. The standard InChI is InChI=1S/C23H22N4O3S/c1-30-18-8-6-15(7-9-18)22(29)27-23-26-17(14-31-23)12-21(28)24-11-10-16-13-25-20-5-3-2-4-19(16)20/h2-9,13-14,25H,10-12H2,1H3,(H,24,28)(H,26,27,29). The van der Waals surface area contributed by atoms with Gasteiger partial charge in [0.1, 0.15) is 5.75 Å². The normalized spacial score (nSPS) is 10.7. The zero-order valence-corrected chi connectivity index (χ0v) is 17.8. The number of anilines is 1. The number of para-hydroxylation sites is 1. The highest BCUT2D eigenvalue weighted by atomic mass is 32.1. The molecule has 0 atom stereocenters. The molecule has 0 radical (unpaired) electrons. The van der Waals surface area contributed by atoms with Gasteiger partial charge in [-0.25, -0.2) is 4.98 Å². The van der Waals surface area contributed by atoms with Crippen molar-refractivity contribution in [3.63, 3.8) is 0 Å². The van der Waals surface area contributed by atoms with Crippen molar-refractivity contribution in [3.05, 3.63) is 76.9 Å². The lowest BCUT2D eigenvalue weighted by molar-refractivity contribution is -0.120. The van der Waals surface area contributed by atoms with Crippen LogP contribution < -0.4 is 15.4 Å². The van der Waals surface area contributed by atoms with Crippen LogP contribution in [0.3, 0.4) is 0 Å². The first kappa shape index (κ1) is 20.6. The van der Waals surface area contributed by atoms with Crippen molar-refractivity contribution in [1.82, 2.24) is 15.3 Å². The summed E-state index contributed by atoms with van der Waals surface area (Å²) < 4.78 is 5.09. The highest BCUT2D eigenvalue weighted by Gasteiger charge is 2.12. The van der Waals surface area contributed by atoms with Crippen LogP contribution >= 0.6 is 11.3 Å². The fourth-order valence-corrected chi connectivity index (χ4v) is 3.96. The smallest absolute Gasteiger partial charge is 0.257 e. The summed E-state index contributed by atoms with van der Waals surface area (Å²) in [6, 6.07) is 14.9. The van der Waals surface area contributed by atoms with Gasteiger partial charge >= 0.3 is 0 Å². The largest absolute Gasteiger partial charge is 0.497 e. The molecule has 0 aliphatic carbocycles. The Balaban J connectivity index is 1.26. The van der Waals surface area contributed by atoms with E-state index in [1.54, 1.807) is 36.8 Å². The molecule has 31 heavy (non-hydrogen) atoms. The number of methoxy groups -OCH3 is 1. The van der Waals surface area contributed by atoms with Crippen LogP contribution in [0.2, 0.25) is 0 Å². The molecule has 0 saturated carbocycles.